The second kappa shape index (κ2) is 3.23. The van der Waals surface area contributed by atoms with Crippen LogP contribution in [0.2, 0.25) is 5.02 Å². The maximum atomic E-state index is 11.8. The van der Waals surface area contributed by atoms with E-state index in [1.165, 1.54) is 6.08 Å². The number of rotatable bonds is 1. The summed E-state index contributed by atoms with van der Waals surface area (Å²) in [6.07, 6.45) is 1.70. The van der Waals surface area contributed by atoms with Gasteiger partial charge in [-0.25, -0.2) is 4.39 Å². The van der Waals surface area contributed by atoms with Crippen molar-refractivity contribution in [1.82, 2.24) is 0 Å². The van der Waals surface area contributed by atoms with Crippen LogP contribution in [0, 0.1) is 0 Å². The average molecular weight is 197 g/mol. The Bertz CT molecular complexity index is 459. The zero-order valence-electron chi connectivity index (χ0n) is 6.63. The van der Waals surface area contributed by atoms with Crippen molar-refractivity contribution < 1.29 is 8.81 Å². The molecule has 2 aromatic rings. The molecule has 1 aromatic heterocycles. The van der Waals surface area contributed by atoms with Crippen LogP contribution in [0.25, 0.3) is 17.0 Å². The first-order chi connectivity index (χ1) is 6.29. The third kappa shape index (κ3) is 1.58. The highest BCUT2D eigenvalue weighted by atomic mass is 35.5. The maximum Gasteiger partial charge on any atom is 0.136 e. The Kier molecular flexibility index (Phi) is 2.07. The van der Waals surface area contributed by atoms with Gasteiger partial charge in [-0.15, -0.1) is 0 Å². The third-order valence-electron chi connectivity index (χ3n) is 1.73. The summed E-state index contributed by atoms with van der Waals surface area (Å²) in [5.74, 6) is 0.486. The van der Waals surface area contributed by atoms with Gasteiger partial charge in [0.1, 0.15) is 11.3 Å². The molecule has 0 radical (unpaired) electrons. The topological polar surface area (TPSA) is 13.1 Å². The largest absolute Gasteiger partial charge is 0.457 e. The lowest BCUT2D eigenvalue weighted by Crippen LogP contribution is -1.62. The highest BCUT2D eigenvalue weighted by molar-refractivity contribution is 6.31. The Morgan fingerprint density at radius 1 is 1.31 bits per heavy atom. The van der Waals surface area contributed by atoms with E-state index < -0.39 is 0 Å². The predicted molar refractivity (Wildman–Crippen MR) is 51.4 cm³/mol. The van der Waals surface area contributed by atoms with E-state index in [0.717, 1.165) is 5.39 Å². The molecule has 0 saturated carbocycles. The van der Waals surface area contributed by atoms with Crippen molar-refractivity contribution in [3.8, 4) is 0 Å². The summed E-state index contributed by atoms with van der Waals surface area (Å²) in [4.78, 5) is 0. The van der Waals surface area contributed by atoms with Crippen LogP contribution >= 0.6 is 11.6 Å². The predicted octanol–water partition coefficient (Wildman–Crippen LogP) is 4.03. The lowest BCUT2D eigenvalue weighted by atomic mass is 10.2. The molecule has 0 unspecified atom stereocenters. The summed E-state index contributed by atoms with van der Waals surface area (Å²) >= 11 is 5.75. The molecule has 0 amide bonds. The summed E-state index contributed by atoms with van der Waals surface area (Å²) in [5.41, 5.74) is 0.667. The van der Waals surface area contributed by atoms with Gasteiger partial charge < -0.3 is 4.42 Å². The fourth-order valence-electron chi connectivity index (χ4n) is 1.17. The first kappa shape index (κ1) is 8.32. The van der Waals surface area contributed by atoms with Crippen LogP contribution in [-0.2, 0) is 0 Å². The van der Waals surface area contributed by atoms with E-state index in [1.54, 1.807) is 18.2 Å². The van der Waals surface area contributed by atoms with Gasteiger partial charge in [0.2, 0.25) is 0 Å². The first-order valence-corrected chi connectivity index (χ1v) is 4.13. The Balaban J connectivity index is 2.62. The second-order valence-electron chi connectivity index (χ2n) is 2.62. The zero-order chi connectivity index (χ0) is 9.26. The van der Waals surface area contributed by atoms with Crippen molar-refractivity contribution >= 4 is 28.6 Å². The average Bonchev–Trinajstić information content (AvgIpc) is 2.46. The van der Waals surface area contributed by atoms with Gasteiger partial charge in [0, 0.05) is 22.6 Å². The lowest BCUT2D eigenvalue weighted by Gasteiger charge is -1.87. The van der Waals surface area contributed by atoms with Crippen LogP contribution in [0.15, 0.2) is 35.0 Å². The minimum Gasteiger partial charge on any atom is -0.457 e. The first-order valence-electron chi connectivity index (χ1n) is 3.75. The van der Waals surface area contributed by atoms with Crippen LogP contribution in [0.3, 0.4) is 0 Å². The summed E-state index contributed by atoms with van der Waals surface area (Å²) in [7, 11) is 0. The van der Waals surface area contributed by atoms with Crippen LogP contribution in [0.5, 0.6) is 0 Å². The fraction of sp³-hybridized carbons (Fsp3) is 0. The summed E-state index contributed by atoms with van der Waals surface area (Å²) in [5, 5.41) is 1.52. The zero-order valence-corrected chi connectivity index (χ0v) is 7.38. The summed E-state index contributed by atoms with van der Waals surface area (Å²) in [6, 6.07) is 7.05. The number of halogens is 2. The van der Waals surface area contributed by atoms with Gasteiger partial charge in [0.15, 0.2) is 0 Å². The van der Waals surface area contributed by atoms with Crippen molar-refractivity contribution in [2.75, 3.05) is 0 Å². The van der Waals surface area contributed by atoms with Crippen molar-refractivity contribution in [2.24, 2.45) is 0 Å². The van der Waals surface area contributed by atoms with E-state index in [4.69, 9.17) is 16.0 Å². The third-order valence-corrected chi connectivity index (χ3v) is 1.96. The van der Waals surface area contributed by atoms with Gasteiger partial charge in [-0.3, -0.25) is 0 Å². The van der Waals surface area contributed by atoms with E-state index >= 15 is 0 Å². The molecule has 0 fully saturated rings. The Morgan fingerprint density at radius 2 is 2.15 bits per heavy atom. The van der Waals surface area contributed by atoms with Gasteiger partial charge in [0.25, 0.3) is 0 Å². The summed E-state index contributed by atoms with van der Waals surface area (Å²) in [6.45, 7) is 0. The number of benzene rings is 1. The molecule has 0 aliphatic heterocycles. The number of hydrogen-bond acceptors (Lipinski definition) is 1. The molecule has 0 saturated heterocycles. The molecule has 0 bridgehead atoms. The molecule has 0 atom stereocenters. The molecule has 0 aliphatic rings. The smallest absolute Gasteiger partial charge is 0.136 e. The van der Waals surface area contributed by atoms with Crippen molar-refractivity contribution in [3.05, 3.63) is 41.4 Å². The van der Waals surface area contributed by atoms with Gasteiger partial charge in [0.05, 0.1) is 6.33 Å². The monoisotopic (exact) mass is 196 g/mol. The van der Waals surface area contributed by atoms with Crippen LogP contribution < -0.4 is 0 Å². The Morgan fingerprint density at radius 3 is 2.92 bits per heavy atom. The standard InChI is InChI=1S/C10H6ClFO/c11-8-2-1-7-5-9(3-4-12)13-10(7)6-8/h1-6H. The van der Waals surface area contributed by atoms with E-state index in [-0.39, 0.29) is 0 Å². The summed E-state index contributed by atoms with van der Waals surface area (Å²) < 4.78 is 17.1. The number of fused-ring (bicyclic) bond motifs is 1. The van der Waals surface area contributed by atoms with Gasteiger partial charge in [-0.05, 0) is 18.2 Å². The second-order valence-corrected chi connectivity index (χ2v) is 3.06. The number of hydrogen-bond donors (Lipinski definition) is 0. The van der Waals surface area contributed by atoms with Crippen molar-refractivity contribution in [2.45, 2.75) is 0 Å². The molecule has 2 rings (SSSR count). The van der Waals surface area contributed by atoms with E-state index in [2.05, 4.69) is 0 Å². The normalized spacial score (nSPS) is 11.5. The van der Waals surface area contributed by atoms with Crippen LogP contribution in [-0.4, -0.2) is 0 Å². The van der Waals surface area contributed by atoms with E-state index in [0.29, 0.717) is 22.7 Å². The van der Waals surface area contributed by atoms with E-state index in [1.807, 2.05) is 6.07 Å². The highest BCUT2D eigenvalue weighted by Crippen LogP contribution is 2.23. The van der Waals surface area contributed by atoms with Gasteiger partial charge in [-0.1, -0.05) is 11.6 Å². The molecule has 1 heterocycles. The molecule has 1 nitrogen and oxygen atoms in total. The maximum absolute atomic E-state index is 11.8. The van der Waals surface area contributed by atoms with Gasteiger partial charge >= 0.3 is 0 Å². The lowest BCUT2D eigenvalue weighted by molar-refractivity contribution is 0.601. The molecular weight excluding hydrogens is 191 g/mol. The number of furan rings is 1. The molecule has 0 N–H and O–H groups in total. The van der Waals surface area contributed by atoms with E-state index in [9.17, 15) is 4.39 Å². The molecule has 3 heteroatoms. The Hall–Kier alpha value is -1.28. The van der Waals surface area contributed by atoms with Gasteiger partial charge in [-0.2, -0.15) is 0 Å². The van der Waals surface area contributed by atoms with Crippen LogP contribution in [0.1, 0.15) is 5.76 Å². The molecule has 1 aromatic carbocycles. The quantitative estimate of drug-likeness (QED) is 0.671. The minimum atomic E-state index is 0.444. The highest BCUT2D eigenvalue weighted by Gasteiger charge is 2.00. The molecule has 0 aliphatic carbocycles. The van der Waals surface area contributed by atoms with Crippen molar-refractivity contribution in [1.29, 1.82) is 0 Å². The molecular formula is C10H6ClFO. The SMILES string of the molecule is FC=Cc1cc2ccc(Cl)cc2o1. The van der Waals surface area contributed by atoms with Crippen molar-refractivity contribution in [3.63, 3.8) is 0 Å². The molecule has 0 spiro atoms. The molecule has 13 heavy (non-hydrogen) atoms. The Labute approximate surface area is 79.4 Å². The fourth-order valence-corrected chi connectivity index (χ4v) is 1.33. The molecule has 66 valence electrons. The minimum absolute atomic E-state index is 0.444. The van der Waals surface area contributed by atoms with Crippen LogP contribution in [0.4, 0.5) is 4.39 Å².